The van der Waals surface area contributed by atoms with Gasteiger partial charge in [0.05, 0.1) is 37.4 Å². The third-order valence-corrected chi connectivity index (χ3v) is 6.18. The van der Waals surface area contributed by atoms with Crippen molar-refractivity contribution in [2.45, 2.75) is 18.5 Å². The molecule has 0 spiro atoms. The smallest absolute Gasteiger partial charge is 0.407 e. The Morgan fingerprint density at radius 2 is 2.14 bits per heavy atom. The van der Waals surface area contributed by atoms with Crippen LogP contribution < -0.4 is 15.4 Å². The first-order valence-electron chi connectivity index (χ1n) is 10.9. The number of amides is 2. The van der Waals surface area contributed by atoms with Crippen LogP contribution in [0, 0.1) is 11.6 Å². The first-order chi connectivity index (χ1) is 17.4. The number of hydrogen-bond acceptors (Lipinski definition) is 8. The lowest BCUT2D eigenvalue weighted by molar-refractivity contribution is -0.122. The maximum absolute atomic E-state index is 14.3. The van der Waals surface area contributed by atoms with Crippen molar-refractivity contribution in [3.05, 3.63) is 59.3 Å². The van der Waals surface area contributed by atoms with Crippen molar-refractivity contribution in [3.63, 3.8) is 0 Å². The van der Waals surface area contributed by atoms with E-state index in [-0.39, 0.29) is 53.7 Å². The van der Waals surface area contributed by atoms with E-state index in [4.69, 9.17) is 4.74 Å². The molecule has 3 aromatic heterocycles. The monoisotopic (exact) mass is 493 g/mol. The van der Waals surface area contributed by atoms with Crippen LogP contribution in [-0.2, 0) is 21.6 Å². The van der Waals surface area contributed by atoms with Crippen LogP contribution in [-0.4, -0.2) is 50.4 Å². The number of ether oxygens (including phenoxy) is 2. The Hall–Kier alpha value is -4.68. The molecule has 13 heteroatoms. The van der Waals surface area contributed by atoms with Crippen molar-refractivity contribution in [1.82, 2.24) is 30.0 Å². The lowest BCUT2D eigenvalue weighted by Crippen LogP contribution is -2.53. The summed E-state index contributed by atoms with van der Waals surface area (Å²) in [5.74, 6) is -1.32. The van der Waals surface area contributed by atoms with E-state index >= 15 is 0 Å². The quantitative estimate of drug-likeness (QED) is 0.443. The Morgan fingerprint density at radius 3 is 2.94 bits per heavy atom. The summed E-state index contributed by atoms with van der Waals surface area (Å²) in [4.78, 5) is 38.0. The van der Waals surface area contributed by atoms with Crippen LogP contribution in [0.3, 0.4) is 0 Å². The van der Waals surface area contributed by atoms with Gasteiger partial charge in [0.2, 0.25) is 5.88 Å². The number of halogens is 2. The maximum Gasteiger partial charge on any atom is 0.407 e. The fourth-order valence-corrected chi connectivity index (χ4v) is 4.50. The number of pyridine rings is 1. The Morgan fingerprint density at radius 1 is 1.31 bits per heavy atom. The summed E-state index contributed by atoms with van der Waals surface area (Å²) in [6, 6.07) is 7.44. The average molecular weight is 493 g/mol. The van der Waals surface area contributed by atoms with Gasteiger partial charge in [-0.2, -0.15) is 10.1 Å². The Labute approximate surface area is 201 Å². The van der Waals surface area contributed by atoms with Gasteiger partial charge in [0.25, 0.3) is 5.91 Å². The van der Waals surface area contributed by atoms with Gasteiger partial charge < -0.3 is 20.1 Å². The molecule has 4 aromatic rings. The highest BCUT2D eigenvalue weighted by Crippen LogP contribution is 2.46. The van der Waals surface area contributed by atoms with Crippen LogP contribution in [0.15, 0.2) is 36.5 Å². The van der Waals surface area contributed by atoms with Crippen molar-refractivity contribution in [3.8, 4) is 17.4 Å². The summed E-state index contributed by atoms with van der Waals surface area (Å²) in [7, 11) is 1.19. The number of benzene rings is 1. The van der Waals surface area contributed by atoms with E-state index in [1.165, 1.54) is 23.9 Å². The molecule has 36 heavy (non-hydrogen) atoms. The summed E-state index contributed by atoms with van der Waals surface area (Å²) in [5.41, 5.74) is -0.367. The largest absolute Gasteiger partial charge is 0.477 e. The van der Waals surface area contributed by atoms with E-state index in [1.54, 1.807) is 18.2 Å². The van der Waals surface area contributed by atoms with Crippen molar-refractivity contribution in [1.29, 1.82) is 0 Å². The molecule has 0 unspecified atom stereocenters. The number of fused-ring (bicyclic) bond motifs is 1. The number of nitrogens with one attached hydrogen (secondary N) is 2. The fourth-order valence-electron chi connectivity index (χ4n) is 4.50. The zero-order chi connectivity index (χ0) is 25.0. The minimum Gasteiger partial charge on any atom is -0.477 e. The van der Waals surface area contributed by atoms with Crippen LogP contribution >= 0.6 is 0 Å². The molecule has 2 aliphatic heterocycles. The van der Waals surface area contributed by atoms with Gasteiger partial charge in [-0.25, -0.2) is 28.2 Å². The first-order valence-corrected chi connectivity index (χ1v) is 10.9. The SMILES string of the molecule is COC(=O)N[C@]12CCOc3nc(-c4nn(Cc5ccccc5F)c5ncc(F)cc45)nc(c31)NC2=O. The molecule has 0 saturated heterocycles. The molecule has 0 fully saturated rings. The second-order valence-electron chi connectivity index (χ2n) is 8.27. The predicted octanol–water partition coefficient (Wildman–Crippen LogP) is 2.50. The number of alkyl carbamates (subject to hydrolysis) is 1. The van der Waals surface area contributed by atoms with Crippen molar-refractivity contribution in [2.75, 3.05) is 19.0 Å². The molecule has 0 aliphatic carbocycles. The van der Waals surface area contributed by atoms with Gasteiger partial charge in [0.15, 0.2) is 17.0 Å². The molecule has 1 aromatic carbocycles. The minimum atomic E-state index is -1.45. The maximum atomic E-state index is 14.3. The molecule has 2 amide bonds. The van der Waals surface area contributed by atoms with E-state index in [9.17, 15) is 18.4 Å². The average Bonchev–Trinajstić information content (AvgIpc) is 3.35. The summed E-state index contributed by atoms with van der Waals surface area (Å²) >= 11 is 0. The van der Waals surface area contributed by atoms with Gasteiger partial charge in [-0.1, -0.05) is 18.2 Å². The van der Waals surface area contributed by atoms with Crippen LogP contribution in [0.2, 0.25) is 0 Å². The Balaban J connectivity index is 1.50. The molecule has 2 aliphatic rings. The van der Waals surface area contributed by atoms with E-state index < -0.39 is 29.2 Å². The van der Waals surface area contributed by atoms with Gasteiger partial charge in [-0.15, -0.1) is 0 Å². The molecule has 1 atom stereocenters. The number of methoxy groups -OCH3 is 1. The van der Waals surface area contributed by atoms with Crippen LogP contribution in [0.4, 0.5) is 19.4 Å². The second-order valence-corrected chi connectivity index (χ2v) is 8.27. The Bertz CT molecular complexity index is 1570. The zero-order valence-corrected chi connectivity index (χ0v) is 18.7. The summed E-state index contributed by atoms with van der Waals surface area (Å²) in [6.07, 6.45) is 0.385. The van der Waals surface area contributed by atoms with Crippen LogP contribution in [0.5, 0.6) is 5.88 Å². The number of nitrogens with zero attached hydrogens (tertiary/aromatic N) is 5. The molecule has 0 radical (unpaired) electrons. The number of rotatable bonds is 4. The van der Waals surface area contributed by atoms with Gasteiger partial charge >= 0.3 is 6.09 Å². The van der Waals surface area contributed by atoms with Crippen LogP contribution in [0.25, 0.3) is 22.6 Å². The summed E-state index contributed by atoms with van der Waals surface area (Å²) in [6.45, 7) is 0.109. The lowest BCUT2D eigenvalue weighted by atomic mass is 9.88. The third-order valence-electron chi connectivity index (χ3n) is 6.18. The lowest BCUT2D eigenvalue weighted by Gasteiger charge is -2.31. The van der Waals surface area contributed by atoms with E-state index in [1.807, 2.05) is 0 Å². The molecule has 6 rings (SSSR count). The first kappa shape index (κ1) is 21.8. The Kier molecular flexibility index (Phi) is 4.81. The number of anilines is 1. The zero-order valence-electron chi connectivity index (χ0n) is 18.7. The van der Waals surface area contributed by atoms with Crippen molar-refractivity contribution >= 4 is 28.9 Å². The standard InChI is InChI=1S/C23H17F2N7O4/c1-35-22(34)30-23-6-7-36-20-15(23)17(29-21(23)33)27-18(28-20)16-13-8-12(24)9-26-19(13)32(31-16)10-11-4-2-3-5-14(11)25/h2-5,8-9H,6-7,10H2,1H3,(H,30,34)(H,27,28,29,33)/t23-/m1/s1. The molecular formula is C23H17F2N7O4. The van der Waals surface area contributed by atoms with Gasteiger partial charge in [-0.05, 0) is 12.1 Å². The van der Waals surface area contributed by atoms with Crippen molar-refractivity contribution in [2.24, 2.45) is 0 Å². The van der Waals surface area contributed by atoms with Crippen molar-refractivity contribution < 1.29 is 27.8 Å². The van der Waals surface area contributed by atoms with E-state index in [0.29, 0.717) is 11.2 Å². The number of carbonyl (C=O) groups is 2. The topological polar surface area (TPSA) is 133 Å². The highest BCUT2D eigenvalue weighted by molar-refractivity contribution is 6.07. The second kappa shape index (κ2) is 7.93. The molecule has 182 valence electrons. The van der Waals surface area contributed by atoms with E-state index in [2.05, 4.69) is 35.4 Å². The minimum absolute atomic E-state index is 0.0268. The number of carbonyl (C=O) groups excluding carboxylic acids is 2. The fraction of sp³-hybridized carbons (Fsp3) is 0.217. The van der Waals surface area contributed by atoms with Crippen LogP contribution in [0.1, 0.15) is 17.5 Å². The summed E-state index contributed by atoms with van der Waals surface area (Å²) in [5, 5.41) is 10.0. The number of aromatic nitrogens is 5. The molecule has 0 bridgehead atoms. The van der Waals surface area contributed by atoms with E-state index in [0.717, 1.165) is 6.20 Å². The highest BCUT2D eigenvalue weighted by Gasteiger charge is 2.54. The molecule has 2 N–H and O–H groups in total. The molecular weight excluding hydrogens is 476 g/mol. The molecule has 5 heterocycles. The third kappa shape index (κ3) is 3.23. The predicted molar refractivity (Wildman–Crippen MR) is 120 cm³/mol. The van der Waals surface area contributed by atoms with Gasteiger partial charge in [0.1, 0.15) is 23.1 Å². The molecule has 11 nitrogen and oxygen atoms in total. The van der Waals surface area contributed by atoms with Gasteiger partial charge in [0, 0.05) is 12.0 Å². The normalized spacial score (nSPS) is 17.9. The summed E-state index contributed by atoms with van der Waals surface area (Å²) < 4.78 is 40.3. The van der Waals surface area contributed by atoms with Gasteiger partial charge in [-0.3, -0.25) is 4.79 Å². The molecule has 0 saturated carbocycles. The number of hydrogen-bond donors (Lipinski definition) is 2. The highest BCUT2D eigenvalue weighted by atomic mass is 19.1.